The highest BCUT2D eigenvalue weighted by molar-refractivity contribution is 6.03. The van der Waals surface area contributed by atoms with Crippen LogP contribution in [0.25, 0.3) is 0 Å². The van der Waals surface area contributed by atoms with E-state index in [0.29, 0.717) is 41.2 Å². The second-order valence-electron chi connectivity index (χ2n) is 9.32. The van der Waals surface area contributed by atoms with Crippen molar-refractivity contribution in [3.63, 3.8) is 0 Å². The zero-order chi connectivity index (χ0) is 25.2. The molecule has 1 aliphatic carbocycles. The van der Waals surface area contributed by atoms with E-state index in [2.05, 4.69) is 5.32 Å². The number of para-hydroxylation sites is 2. The predicted octanol–water partition coefficient (Wildman–Crippen LogP) is 3.80. The summed E-state index contributed by atoms with van der Waals surface area (Å²) in [5, 5.41) is 2.76. The molecule has 4 rings (SSSR count). The van der Waals surface area contributed by atoms with Gasteiger partial charge in [0.2, 0.25) is 5.88 Å². The highest BCUT2D eigenvalue weighted by Gasteiger charge is 2.45. The van der Waals surface area contributed by atoms with Gasteiger partial charge in [-0.2, -0.15) is 0 Å². The fourth-order valence-corrected chi connectivity index (χ4v) is 4.52. The number of methoxy groups -OCH3 is 1. The Balaban J connectivity index is 1.70. The number of benzene rings is 2. The average Bonchev–Trinajstić information content (AvgIpc) is 2.81. The van der Waals surface area contributed by atoms with Crippen molar-refractivity contribution >= 4 is 23.3 Å². The average molecular weight is 477 g/mol. The third kappa shape index (κ3) is 5.06. The van der Waals surface area contributed by atoms with Gasteiger partial charge in [0.25, 0.3) is 5.91 Å². The molecular formula is C27H28N2O6. The molecule has 1 aliphatic heterocycles. The first-order chi connectivity index (χ1) is 16.7. The van der Waals surface area contributed by atoms with Crippen molar-refractivity contribution in [2.75, 3.05) is 19.0 Å². The minimum atomic E-state index is -0.844. The van der Waals surface area contributed by atoms with E-state index >= 15 is 0 Å². The summed E-state index contributed by atoms with van der Waals surface area (Å²) in [6.45, 7) is 3.69. The number of carbonyl (C=O) groups excluding carboxylic acids is 3. The molecule has 0 spiro atoms. The third-order valence-corrected chi connectivity index (χ3v) is 6.01. The van der Waals surface area contributed by atoms with Gasteiger partial charge in [-0.15, -0.1) is 0 Å². The van der Waals surface area contributed by atoms with Crippen LogP contribution in [0, 0.1) is 5.41 Å². The molecule has 1 unspecified atom stereocenters. The van der Waals surface area contributed by atoms with E-state index in [0.717, 1.165) is 0 Å². The van der Waals surface area contributed by atoms with Gasteiger partial charge in [-0.25, -0.2) is 4.79 Å². The first-order valence-electron chi connectivity index (χ1n) is 11.3. The quantitative estimate of drug-likeness (QED) is 0.609. The summed E-state index contributed by atoms with van der Waals surface area (Å²) >= 11 is 0. The molecule has 0 aromatic heterocycles. The summed E-state index contributed by atoms with van der Waals surface area (Å²) in [6, 6.07) is 16.0. The Kier molecular flexibility index (Phi) is 6.64. The lowest BCUT2D eigenvalue weighted by molar-refractivity contribution is -0.136. The molecule has 0 bridgehead atoms. The molecule has 35 heavy (non-hydrogen) atoms. The van der Waals surface area contributed by atoms with Crippen LogP contribution < -0.4 is 15.8 Å². The van der Waals surface area contributed by atoms with Gasteiger partial charge in [0, 0.05) is 29.7 Å². The van der Waals surface area contributed by atoms with Crippen molar-refractivity contribution in [3.05, 3.63) is 82.9 Å². The van der Waals surface area contributed by atoms with Gasteiger partial charge in [-0.3, -0.25) is 9.59 Å². The van der Waals surface area contributed by atoms with E-state index in [1.54, 1.807) is 36.4 Å². The summed E-state index contributed by atoms with van der Waals surface area (Å²) in [7, 11) is 1.24. The van der Waals surface area contributed by atoms with E-state index in [9.17, 15) is 14.4 Å². The molecule has 0 saturated carbocycles. The molecule has 1 heterocycles. The van der Waals surface area contributed by atoms with Gasteiger partial charge in [-0.05, 0) is 23.6 Å². The Bertz CT molecular complexity index is 1230. The van der Waals surface area contributed by atoms with Crippen molar-refractivity contribution in [1.82, 2.24) is 0 Å². The van der Waals surface area contributed by atoms with Crippen LogP contribution in [0.1, 0.15) is 38.2 Å². The third-order valence-electron chi connectivity index (χ3n) is 6.01. The number of amides is 1. The maximum absolute atomic E-state index is 13.3. The lowest BCUT2D eigenvalue weighted by atomic mass is 9.70. The van der Waals surface area contributed by atoms with Crippen molar-refractivity contribution in [1.29, 1.82) is 0 Å². The monoisotopic (exact) mass is 476 g/mol. The number of allylic oxidation sites excluding steroid dienone is 2. The maximum atomic E-state index is 13.3. The number of ether oxygens (including phenoxy) is 3. The molecular weight excluding hydrogens is 448 g/mol. The molecule has 8 nitrogen and oxygen atoms in total. The second-order valence-corrected chi connectivity index (χ2v) is 9.32. The standard InChI is InChI=1S/C27H28N2O6/c1-27(2)13-18(30)23-20(14-27)35-25(28)24(26(32)33-3)22(23)17-11-7-8-12-19(17)34-15-21(31)29-16-9-5-4-6-10-16/h4-12,22H,13-15,28H2,1-3H3,(H,29,31). The maximum Gasteiger partial charge on any atom is 0.340 e. The molecule has 3 N–H and O–H groups in total. The van der Waals surface area contributed by atoms with Crippen LogP contribution in [-0.2, 0) is 23.9 Å². The SMILES string of the molecule is COC(=O)C1=C(N)OC2=C(C(=O)CC(C)(C)C2)C1c1ccccc1OCC(=O)Nc1ccccc1. The summed E-state index contributed by atoms with van der Waals surface area (Å²) in [4.78, 5) is 38.6. The van der Waals surface area contributed by atoms with Crippen LogP contribution in [0.4, 0.5) is 5.69 Å². The normalized spacial score (nSPS) is 18.9. The number of nitrogens with two attached hydrogens (primary N) is 1. The van der Waals surface area contributed by atoms with Gasteiger partial charge >= 0.3 is 5.97 Å². The van der Waals surface area contributed by atoms with Crippen LogP contribution >= 0.6 is 0 Å². The lowest BCUT2D eigenvalue weighted by Gasteiger charge is -2.38. The Morgan fingerprint density at radius 3 is 2.49 bits per heavy atom. The minimum absolute atomic E-state index is 0.0316. The number of carbonyl (C=O) groups is 3. The van der Waals surface area contributed by atoms with E-state index in [-0.39, 0.29) is 35.2 Å². The highest BCUT2D eigenvalue weighted by atomic mass is 16.5. The first-order valence-corrected chi connectivity index (χ1v) is 11.3. The van der Waals surface area contributed by atoms with Crippen LogP contribution in [0.15, 0.2) is 77.4 Å². The molecule has 0 fully saturated rings. The number of anilines is 1. The number of Topliss-reactive ketones (excluding diaryl/α,β-unsaturated/α-hetero) is 1. The predicted molar refractivity (Wildman–Crippen MR) is 129 cm³/mol. The number of hydrogen-bond donors (Lipinski definition) is 2. The molecule has 2 aliphatic rings. The van der Waals surface area contributed by atoms with Gasteiger partial charge < -0.3 is 25.3 Å². The van der Waals surface area contributed by atoms with E-state index in [4.69, 9.17) is 19.9 Å². The van der Waals surface area contributed by atoms with Gasteiger partial charge in [-0.1, -0.05) is 50.2 Å². The summed E-state index contributed by atoms with van der Waals surface area (Å²) in [5.41, 5.74) is 7.44. The summed E-state index contributed by atoms with van der Waals surface area (Å²) < 4.78 is 16.7. The molecule has 0 radical (unpaired) electrons. The van der Waals surface area contributed by atoms with Crippen LogP contribution in [-0.4, -0.2) is 31.4 Å². The fraction of sp³-hybridized carbons (Fsp3) is 0.296. The second kappa shape index (κ2) is 9.66. The zero-order valence-corrected chi connectivity index (χ0v) is 19.9. The first kappa shape index (κ1) is 24.1. The molecule has 1 atom stereocenters. The van der Waals surface area contributed by atoms with Crippen LogP contribution in [0.2, 0.25) is 0 Å². The Labute approximate surface area is 203 Å². The number of esters is 1. The van der Waals surface area contributed by atoms with E-state index in [1.807, 2.05) is 32.0 Å². The number of nitrogens with one attached hydrogen (secondary N) is 1. The Morgan fingerprint density at radius 2 is 1.77 bits per heavy atom. The van der Waals surface area contributed by atoms with E-state index in [1.165, 1.54) is 7.11 Å². The number of ketones is 1. The van der Waals surface area contributed by atoms with Crippen LogP contribution in [0.3, 0.4) is 0 Å². The smallest absolute Gasteiger partial charge is 0.340 e. The van der Waals surface area contributed by atoms with Crippen LogP contribution in [0.5, 0.6) is 5.75 Å². The zero-order valence-electron chi connectivity index (χ0n) is 19.9. The molecule has 0 saturated heterocycles. The summed E-state index contributed by atoms with van der Waals surface area (Å²) in [5.74, 6) is -1.35. The minimum Gasteiger partial charge on any atom is -0.483 e. The fourth-order valence-electron chi connectivity index (χ4n) is 4.52. The Hall–Kier alpha value is -4.07. The van der Waals surface area contributed by atoms with Crippen molar-refractivity contribution in [2.24, 2.45) is 11.1 Å². The summed E-state index contributed by atoms with van der Waals surface area (Å²) in [6.07, 6.45) is 0.783. The lowest BCUT2D eigenvalue weighted by Crippen LogP contribution is -2.35. The van der Waals surface area contributed by atoms with Gasteiger partial charge in [0.1, 0.15) is 17.1 Å². The molecule has 182 valence electrons. The molecule has 8 heteroatoms. The Morgan fingerprint density at radius 1 is 1.09 bits per heavy atom. The van der Waals surface area contributed by atoms with Crippen molar-refractivity contribution in [2.45, 2.75) is 32.6 Å². The van der Waals surface area contributed by atoms with Crippen molar-refractivity contribution in [3.8, 4) is 5.75 Å². The highest BCUT2D eigenvalue weighted by Crippen LogP contribution is 2.49. The topological polar surface area (TPSA) is 117 Å². The van der Waals surface area contributed by atoms with Crippen molar-refractivity contribution < 1.29 is 28.6 Å². The van der Waals surface area contributed by atoms with Gasteiger partial charge in [0.15, 0.2) is 12.4 Å². The van der Waals surface area contributed by atoms with Gasteiger partial charge in [0.05, 0.1) is 13.0 Å². The number of rotatable bonds is 6. The largest absolute Gasteiger partial charge is 0.483 e. The molecule has 2 aromatic rings. The molecule has 1 amide bonds. The van der Waals surface area contributed by atoms with E-state index < -0.39 is 11.9 Å². The number of hydrogen-bond acceptors (Lipinski definition) is 7. The molecule has 2 aromatic carbocycles.